The average Bonchev–Trinajstić information content (AvgIpc) is 3.30. The second-order valence-corrected chi connectivity index (χ2v) is 7.89. The Morgan fingerprint density at radius 2 is 1.96 bits per heavy atom. The minimum atomic E-state index is -0.0447. The van der Waals surface area contributed by atoms with E-state index in [0.717, 1.165) is 35.7 Å². The Morgan fingerprint density at radius 1 is 1.21 bits per heavy atom. The number of carbonyl (C=O) groups excluding carboxylic acids is 2. The molecule has 2 atom stereocenters. The summed E-state index contributed by atoms with van der Waals surface area (Å²) in [6, 6.07) is 4.75. The molecule has 0 saturated carbocycles. The molecule has 0 spiro atoms. The van der Waals surface area contributed by atoms with Gasteiger partial charge >= 0.3 is 0 Å². The van der Waals surface area contributed by atoms with E-state index in [9.17, 15) is 9.59 Å². The van der Waals surface area contributed by atoms with Gasteiger partial charge in [-0.1, -0.05) is 6.92 Å². The predicted molar refractivity (Wildman–Crippen MR) is 96.2 cm³/mol. The quantitative estimate of drug-likeness (QED) is 0.888. The fourth-order valence-electron chi connectivity index (χ4n) is 4.07. The van der Waals surface area contributed by atoms with Crippen LogP contribution in [0.2, 0.25) is 0 Å². The van der Waals surface area contributed by atoms with Gasteiger partial charge in [0.1, 0.15) is 0 Å². The number of likely N-dealkylation sites (tertiary alicyclic amines) is 2. The van der Waals surface area contributed by atoms with Crippen molar-refractivity contribution in [2.75, 3.05) is 19.6 Å². The third-order valence-electron chi connectivity index (χ3n) is 5.21. The van der Waals surface area contributed by atoms with Crippen molar-refractivity contribution in [3.05, 3.63) is 21.9 Å². The van der Waals surface area contributed by atoms with Crippen LogP contribution < -0.4 is 5.32 Å². The topological polar surface area (TPSA) is 52.6 Å². The van der Waals surface area contributed by atoms with Gasteiger partial charge in [0.05, 0.1) is 11.4 Å². The monoisotopic (exact) mass is 349 g/mol. The summed E-state index contributed by atoms with van der Waals surface area (Å²) >= 11 is 1.50. The van der Waals surface area contributed by atoms with Crippen molar-refractivity contribution < 1.29 is 9.59 Å². The van der Waals surface area contributed by atoms with E-state index in [-0.39, 0.29) is 11.8 Å². The molecule has 6 heteroatoms. The lowest BCUT2D eigenvalue weighted by Crippen LogP contribution is -2.48. The highest BCUT2D eigenvalue weighted by Crippen LogP contribution is 2.31. The zero-order valence-electron chi connectivity index (χ0n) is 14.6. The summed E-state index contributed by atoms with van der Waals surface area (Å²) in [6.07, 6.45) is 4.68. The standard InChI is InChI=1S/C18H27N3O2S/c1-3-20-10-4-6-15(20)16-7-5-11-21(16)18(23)17-9-8-14(24-17)12-19-13(2)22/h8-9,15-16H,3-7,10-12H2,1-2H3,(H,19,22)/t15-,16-/m0/s1. The fourth-order valence-corrected chi connectivity index (χ4v) is 4.97. The second-order valence-electron chi connectivity index (χ2n) is 6.72. The van der Waals surface area contributed by atoms with Crippen LogP contribution in [0.5, 0.6) is 0 Å². The first kappa shape index (κ1) is 17.4. The molecule has 2 fully saturated rings. The van der Waals surface area contributed by atoms with Gasteiger partial charge in [-0.2, -0.15) is 0 Å². The molecule has 2 aliphatic heterocycles. The third kappa shape index (κ3) is 3.64. The average molecular weight is 350 g/mol. The third-order valence-corrected chi connectivity index (χ3v) is 6.28. The van der Waals surface area contributed by atoms with Crippen molar-refractivity contribution in [2.24, 2.45) is 0 Å². The Labute approximate surface area is 148 Å². The van der Waals surface area contributed by atoms with Crippen LogP contribution >= 0.6 is 11.3 Å². The number of rotatable bonds is 5. The molecule has 3 rings (SSSR count). The van der Waals surface area contributed by atoms with Crippen LogP contribution in [-0.2, 0) is 11.3 Å². The number of amides is 2. The molecular weight excluding hydrogens is 322 g/mol. The van der Waals surface area contributed by atoms with Crippen molar-refractivity contribution >= 4 is 23.2 Å². The van der Waals surface area contributed by atoms with Crippen molar-refractivity contribution in [1.29, 1.82) is 0 Å². The maximum atomic E-state index is 13.0. The number of nitrogens with zero attached hydrogens (tertiary/aromatic N) is 2. The van der Waals surface area contributed by atoms with Crippen LogP contribution in [0.3, 0.4) is 0 Å². The van der Waals surface area contributed by atoms with Gasteiger partial charge in [-0.3, -0.25) is 14.5 Å². The molecule has 1 aromatic rings. The number of carbonyl (C=O) groups is 2. The summed E-state index contributed by atoms with van der Waals surface area (Å²) in [5.41, 5.74) is 0. The zero-order chi connectivity index (χ0) is 17.1. The number of likely N-dealkylation sites (N-methyl/N-ethyl adjacent to an activating group) is 1. The maximum absolute atomic E-state index is 13.0. The van der Waals surface area contributed by atoms with Crippen molar-refractivity contribution in [3.63, 3.8) is 0 Å². The lowest BCUT2D eigenvalue weighted by atomic mass is 10.0. The fraction of sp³-hybridized carbons (Fsp3) is 0.667. The van der Waals surface area contributed by atoms with Crippen LogP contribution in [0, 0.1) is 0 Å². The van der Waals surface area contributed by atoms with Gasteiger partial charge in [0.2, 0.25) is 5.91 Å². The lowest BCUT2D eigenvalue weighted by molar-refractivity contribution is -0.119. The van der Waals surface area contributed by atoms with E-state index < -0.39 is 0 Å². The normalized spacial score (nSPS) is 24.5. The first-order chi connectivity index (χ1) is 11.6. The molecule has 5 nitrogen and oxygen atoms in total. The number of hydrogen-bond acceptors (Lipinski definition) is 4. The molecular formula is C18H27N3O2S. The SMILES string of the molecule is CCN1CCC[C@H]1[C@@H]1CCCN1C(=O)c1ccc(CNC(C)=O)s1. The van der Waals surface area contributed by atoms with Gasteiger partial charge in [-0.25, -0.2) is 0 Å². The van der Waals surface area contributed by atoms with Crippen molar-refractivity contribution in [1.82, 2.24) is 15.1 Å². The minimum absolute atomic E-state index is 0.0447. The summed E-state index contributed by atoms with van der Waals surface area (Å²) in [4.78, 5) is 30.5. The first-order valence-electron chi connectivity index (χ1n) is 8.98. The molecule has 2 saturated heterocycles. The van der Waals surface area contributed by atoms with E-state index in [1.165, 1.54) is 37.6 Å². The number of hydrogen-bond donors (Lipinski definition) is 1. The predicted octanol–water partition coefficient (Wildman–Crippen LogP) is 2.47. The summed E-state index contributed by atoms with van der Waals surface area (Å²) in [5.74, 6) is 0.122. The van der Waals surface area contributed by atoms with E-state index in [1.807, 2.05) is 12.1 Å². The molecule has 0 radical (unpaired) electrons. The summed E-state index contributed by atoms with van der Waals surface area (Å²) < 4.78 is 0. The van der Waals surface area contributed by atoms with Gasteiger partial charge in [0.25, 0.3) is 5.91 Å². The van der Waals surface area contributed by atoms with Crippen LogP contribution in [0.4, 0.5) is 0 Å². The van der Waals surface area contributed by atoms with E-state index >= 15 is 0 Å². The van der Waals surface area contributed by atoms with Crippen molar-refractivity contribution in [3.8, 4) is 0 Å². The lowest BCUT2D eigenvalue weighted by Gasteiger charge is -2.34. The maximum Gasteiger partial charge on any atom is 0.264 e. The van der Waals surface area contributed by atoms with Gasteiger partial charge in [0.15, 0.2) is 0 Å². The molecule has 0 unspecified atom stereocenters. The van der Waals surface area contributed by atoms with E-state index in [2.05, 4.69) is 22.0 Å². The van der Waals surface area contributed by atoms with E-state index in [0.29, 0.717) is 18.6 Å². The molecule has 0 bridgehead atoms. The molecule has 3 heterocycles. The molecule has 0 aliphatic carbocycles. The molecule has 0 aromatic carbocycles. The van der Waals surface area contributed by atoms with Gasteiger partial charge in [-0.05, 0) is 50.9 Å². The molecule has 132 valence electrons. The smallest absolute Gasteiger partial charge is 0.264 e. The highest BCUT2D eigenvalue weighted by molar-refractivity contribution is 7.14. The molecule has 24 heavy (non-hydrogen) atoms. The Kier molecular flexibility index (Phi) is 5.56. The second kappa shape index (κ2) is 7.66. The Balaban J connectivity index is 1.68. The van der Waals surface area contributed by atoms with Crippen LogP contribution in [0.25, 0.3) is 0 Å². The molecule has 1 aromatic heterocycles. The Hall–Kier alpha value is -1.40. The van der Waals surface area contributed by atoms with E-state index in [1.54, 1.807) is 0 Å². The van der Waals surface area contributed by atoms with Gasteiger partial charge in [-0.15, -0.1) is 11.3 Å². The largest absolute Gasteiger partial charge is 0.351 e. The molecule has 2 amide bonds. The highest BCUT2D eigenvalue weighted by Gasteiger charge is 2.39. The van der Waals surface area contributed by atoms with Crippen LogP contribution in [-0.4, -0.2) is 53.3 Å². The summed E-state index contributed by atoms with van der Waals surface area (Å²) in [5, 5.41) is 2.79. The van der Waals surface area contributed by atoms with Gasteiger partial charge in [0, 0.05) is 30.4 Å². The van der Waals surface area contributed by atoms with Crippen molar-refractivity contribution in [2.45, 2.75) is 58.2 Å². The Morgan fingerprint density at radius 3 is 2.71 bits per heavy atom. The number of thiophene rings is 1. The zero-order valence-corrected chi connectivity index (χ0v) is 15.4. The van der Waals surface area contributed by atoms with Crippen LogP contribution in [0.1, 0.15) is 54.1 Å². The number of nitrogens with one attached hydrogen (secondary N) is 1. The Bertz CT molecular complexity index is 601. The molecule has 2 aliphatic rings. The minimum Gasteiger partial charge on any atom is -0.351 e. The summed E-state index contributed by atoms with van der Waals surface area (Å²) in [7, 11) is 0. The first-order valence-corrected chi connectivity index (χ1v) is 9.80. The molecule has 1 N–H and O–H groups in total. The van der Waals surface area contributed by atoms with E-state index in [4.69, 9.17) is 0 Å². The highest BCUT2D eigenvalue weighted by atomic mass is 32.1. The van der Waals surface area contributed by atoms with Crippen LogP contribution in [0.15, 0.2) is 12.1 Å². The summed E-state index contributed by atoms with van der Waals surface area (Å²) in [6.45, 7) is 7.34. The van der Waals surface area contributed by atoms with Gasteiger partial charge < -0.3 is 10.2 Å².